The molecule has 0 bridgehead atoms. The summed E-state index contributed by atoms with van der Waals surface area (Å²) >= 11 is 0. The van der Waals surface area contributed by atoms with Crippen molar-refractivity contribution in [3.8, 4) is 0 Å². The van der Waals surface area contributed by atoms with E-state index >= 15 is 0 Å². The molecule has 0 aromatic heterocycles. The lowest BCUT2D eigenvalue weighted by atomic mass is 9.75. The third kappa shape index (κ3) is 2.02. The Hall–Kier alpha value is -1.12. The zero-order valence-electron chi connectivity index (χ0n) is 13.7. The van der Waals surface area contributed by atoms with E-state index in [9.17, 15) is 0 Å². The highest BCUT2D eigenvalue weighted by Gasteiger charge is 2.47. The summed E-state index contributed by atoms with van der Waals surface area (Å²) in [5.41, 5.74) is 4.65. The average Bonchev–Trinajstić information content (AvgIpc) is 2.68. The average molecular weight is 274 g/mol. The minimum absolute atomic E-state index is 0.0338. The van der Waals surface area contributed by atoms with E-state index in [1.54, 1.807) is 14.2 Å². The Labute approximate surface area is 122 Å². The second-order valence-electron chi connectivity index (χ2n) is 6.66. The fourth-order valence-corrected chi connectivity index (χ4v) is 3.39. The molecule has 2 nitrogen and oxygen atoms in total. The molecule has 2 unspecified atom stereocenters. The summed E-state index contributed by atoms with van der Waals surface area (Å²) in [6.45, 7) is 10.9. The Morgan fingerprint density at radius 1 is 1.15 bits per heavy atom. The first-order chi connectivity index (χ1) is 9.29. The molecule has 0 spiro atoms. The van der Waals surface area contributed by atoms with Gasteiger partial charge in [0.05, 0.1) is 6.10 Å². The monoisotopic (exact) mass is 274 g/mol. The van der Waals surface area contributed by atoms with Crippen molar-refractivity contribution in [2.24, 2.45) is 0 Å². The lowest BCUT2D eigenvalue weighted by molar-refractivity contribution is -0.0892. The molecule has 2 heteroatoms. The van der Waals surface area contributed by atoms with Crippen LogP contribution in [0.4, 0.5) is 0 Å². The molecule has 20 heavy (non-hydrogen) atoms. The second kappa shape index (κ2) is 5.01. The van der Waals surface area contributed by atoms with Crippen molar-refractivity contribution >= 4 is 6.08 Å². The molecule has 2 rings (SSSR count). The van der Waals surface area contributed by atoms with Gasteiger partial charge in [0.2, 0.25) is 0 Å². The van der Waals surface area contributed by atoms with Crippen LogP contribution in [0.2, 0.25) is 0 Å². The zero-order valence-corrected chi connectivity index (χ0v) is 13.7. The van der Waals surface area contributed by atoms with Gasteiger partial charge in [0.25, 0.3) is 0 Å². The third-order valence-corrected chi connectivity index (χ3v) is 4.48. The SMILES string of the molecule is COC(C)C1(OC)C(C)=Cc2cccc(C(C)(C)C)c21. The standard InChI is InChI=1S/C18H26O2/c1-12-11-14-9-8-10-15(17(3,4)5)16(14)18(12,20-7)13(2)19-6/h8-11,13H,1-7H3. The molecule has 1 aliphatic rings. The van der Waals surface area contributed by atoms with Crippen molar-refractivity contribution in [3.63, 3.8) is 0 Å². The number of benzene rings is 1. The molecule has 0 saturated heterocycles. The van der Waals surface area contributed by atoms with Gasteiger partial charge in [-0.05, 0) is 36.0 Å². The number of hydrogen-bond acceptors (Lipinski definition) is 2. The first-order valence-electron chi connectivity index (χ1n) is 7.19. The van der Waals surface area contributed by atoms with Gasteiger partial charge in [-0.15, -0.1) is 0 Å². The lowest BCUT2D eigenvalue weighted by Crippen LogP contribution is -2.42. The third-order valence-electron chi connectivity index (χ3n) is 4.48. The van der Waals surface area contributed by atoms with Crippen molar-refractivity contribution in [1.82, 2.24) is 0 Å². The summed E-state index contributed by atoms with van der Waals surface area (Å²) < 4.78 is 11.7. The molecule has 0 heterocycles. The number of hydrogen-bond donors (Lipinski definition) is 0. The van der Waals surface area contributed by atoms with Crippen LogP contribution in [-0.2, 0) is 20.5 Å². The molecule has 0 amide bonds. The molecule has 0 N–H and O–H groups in total. The molecule has 110 valence electrons. The molecule has 1 aromatic rings. The number of rotatable bonds is 3. The van der Waals surface area contributed by atoms with Crippen LogP contribution in [0, 0.1) is 0 Å². The Morgan fingerprint density at radius 3 is 2.30 bits per heavy atom. The van der Waals surface area contributed by atoms with Crippen LogP contribution in [-0.4, -0.2) is 20.3 Å². The maximum atomic E-state index is 6.03. The summed E-state index contributed by atoms with van der Waals surface area (Å²) in [4.78, 5) is 0. The first-order valence-corrected chi connectivity index (χ1v) is 7.19. The van der Waals surface area contributed by atoms with E-state index in [0.717, 1.165) is 0 Å². The zero-order chi connectivity index (χ0) is 15.1. The number of ether oxygens (including phenoxy) is 2. The maximum Gasteiger partial charge on any atom is 0.140 e. The summed E-state index contributed by atoms with van der Waals surface area (Å²) in [5, 5.41) is 0. The molecule has 0 radical (unpaired) electrons. The van der Waals surface area contributed by atoms with Crippen LogP contribution < -0.4 is 0 Å². The minimum Gasteiger partial charge on any atom is -0.378 e. The number of methoxy groups -OCH3 is 2. The molecular weight excluding hydrogens is 248 g/mol. The summed E-state index contributed by atoms with van der Waals surface area (Å²) in [5.74, 6) is 0. The summed E-state index contributed by atoms with van der Waals surface area (Å²) in [7, 11) is 3.53. The van der Waals surface area contributed by atoms with E-state index in [0.29, 0.717) is 0 Å². The fourth-order valence-electron chi connectivity index (χ4n) is 3.39. The van der Waals surface area contributed by atoms with Crippen LogP contribution in [0.1, 0.15) is 51.3 Å². The normalized spacial score (nSPS) is 23.4. The minimum atomic E-state index is -0.478. The van der Waals surface area contributed by atoms with Gasteiger partial charge in [-0.25, -0.2) is 0 Å². The second-order valence-corrected chi connectivity index (χ2v) is 6.66. The Morgan fingerprint density at radius 2 is 1.80 bits per heavy atom. The molecule has 2 atom stereocenters. The highest BCUT2D eigenvalue weighted by molar-refractivity contribution is 5.71. The quantitative estimate of drug-likeness (QED) is 0.819. The molecule has 0 aliphatic heterocycles. The van der Waals surface area contributed by atoms with E-state index in [2.05, 4.69) is 58.9 Å². The summed E-state index contributed by atoms with van der Waals surface area (Å²) in [6.07, 6.45) is 2.19. The van der Waals surface area contributed by atoms with Gasteiger partial charge in [-0.1, -0.05) is 45.0 Å². The fraction of sp³-hybridized carbons (Fsp3) is 0.556. The highest BCUT2D eigenvalue weighted by Crippen LogP contribution is 2.49. The van der Waals surface area contributed by atoms with E-state index in [-0.39, 0.29) is 11.5 Å². The Kier molecular flexibility index (Phi) is 3.83. The maximum absolute atomic E-state index is 6.03. The van der Waals surface area contributed by atoms with Crippen LogP contribution in [0.15, 0.2) is 23.8 Å². The first kappa shape index (κ1) is 15.3. The van der Waals surface area contributed by atoms with Gasteiger partial charge in [-0.2, -0.15) is 0 Å². The van der Waals surface area contributed by atoms with Crippen LogP contribution in [0.25, 0.3) is 6.08 Å². The predicted octanol–water partition coefficient (Wildman–Crippen LogP) is 4.28. The van der Waals surface area contributed by atoms with E-state index in [4.69, 9.17) is 9.47 Å². The van der Waals surface area contributed by atoms with Crippen molar-refractivity contribution in [2.75, 3.05) is 14.2 Å². The van der Waals surface area contributed by atoms with Gasteiger partial charge in [0, 0.05) is 19.8 Å². The van der Waals surface area contributed by atoms with Crippen molar-refractivity contribution in [1.29, 1.82) is 0 Å². The molecular formula is C18H26O2. The van der Waals surface area contributed by atoms with E-state index < -0.39 is 5.60 Å². The highest BCUT2D eigenvalue weighted by atomic mass is 16.5. The molecule has 0 fully saturated rings. The van der Waals surface area contributed by atoms with Crippen LogP contribution in [0.3, 0.4) is 0 Å². The van der Waals surface area contributed by atoms with Crippen LogP contribution >= 0.6 is 0 Å². The van der Waals surface area contributed by atoms with Crippen molar-refractivity contribution in [3.05, 3.63) is 40.5 Å². The van der Waals surface area contributed by atoms with E-state index in [1.807, 2.05) is 0 Å². The van der Waals surface area contributed by atoms with Gasteiger partial charge in [-0.3, -0.25) is 0 Å². The van der Waals surface area contributed by atoms with Crippen molar-refractivity contribution < 1.29 is 9.47 Å². The smallest absolute Gasteiger partial charge is 0.140 e. The molecule has 1 aromatic carbocycles. The Bertz CT molecular complexity index is 537. The molecule has 1 aliphatic carbocycles. The molecule has 0 saturated carbocycles. The van der Waals surface area contributed by atoms with Crippen molar-refractivity contribution in [2.45, 2.75) is 51.7 Å². The van der Waals surface area contributed by atoms with E-state index in [1.165, 1.54) is 22.3 Å². The topological polar surface area (TPSA) is 18.5 Å². The summed E-state index contributed by atoms with van der Waals surface area (Å²) in [6, 6.07) is 6.51. The van der Waals surface area contributed by atoms with Crippen LogP contribution in [0.5, 0.6) is 0 Å². The van der Waals surface area contributed by atoms with Gasteiger partial charge in [0.15, 0.2) is 0 Å². The Balaban J connectivity index is 2.76. The lowest BCUT2D eigenvalue weighted by Gasteiger charge is -2.39. The predicted molar refractivity (Wildman–Crippen MR) is 84.0 cm³/mol. The largest absolute Gasteiger partial charge is 0.378 e. The van der Waals surface area contributed by atoms with Gasteiger partial charge in [0.1, 0.15) is 5.60 Å². The van der Waals surface area contributed by atoms with Gasteiger partial charge >= 0.3 is 0 Å². The van der Waals surface area contributed by atoms with Gasteiger partial charge < -0.3 is 9.47 Å². The number of fused-ring (bicyclic) bond motifs is 1.